The Hall–Kier alpha value is -5.57. The zero-order valence-electron chi connectivity index (χ0n) is 25.9. The number of esters is 3. The fourth-order valence-electron chi connectivity index (χ4n) is 4.02. The van der Waals surface area contributed by atoms with E-state index in [1.807, 2.05) is 13.8 Å². The summed E-state index contributed by atoms with van der Waals surface area (Å²) in [5.74, 6) is -0.221. The van der Waals surface area contributed by atoms with Gasteiger partial charge in [0.15, 0.2) is 0 Å². The third-order valence-electron chi connectivity index (χ3n) is 6.37. The van der Waals surface area contributed by atoms with Gasteiger partial charge in [0, 0.05) is 0 Å². The van der Waals surface area contributed by atoms with Crippen molar-refractivity contribution in [2.75, 3.05) is 19.8 Å². The second kappa shape index (κ2) is 17.1. The predicted octanol–water partition coefficient (Wildman–Crippen LogP) is 7.62. The zero-order valence-corrected chi connectivity index (χ0v) is 25.9. The molecule has 4 aromatic rings. The van der Waals surface area contributed by atoms with Crippen LogP contribution >= 0.6 is 0 Å². The largest absolute Gasteiger partial charge is 0.494 e. The number of benzene rings is 4. The molecule has 0 heterocycles. The van der Waals surface area contributed by atoms with Gasteiger partial charge in [0.25, 0.3) is 0 Å². The summed E-state index contributed by atoms with van der Waals surface area (Å²) in [5.41, 5.74) is 1.15. The van der Waals surface area contributed by atoms with Crippen LogP contribution in [0, 0.1) is 0 Å². The highest BCUT2D eigenvalue weighted by Crippen LogP contribution is 2.28. The molecule has 0 radical (unpaired) electrons. The van der Waals surface area contributed by atoms with Crippen LogP contribution < -0.4 is 23.7 Å². The van der Waals surface area contributed by atoms with Crippen molar-refractivity contribution in [3.8, 4) is 28.7 Å². The Bertz CT molecular complexity index is 1610. The molecule has 0 aromatic heterocycles. The van der Waals surface area contributed by atoms with Gasteiger partial charge in [-0.2, -0.15) is 0 Å². The van der Waals surface area contributed by atoms with Crippen molar-refractivity contribution in [3.05, 3.63) is 126 Å². The number of hydrogen-bond acceptors (Lipinski definition) is 9. The van der Waals surface area contributed by atoms with Crippen LogP contribution in [0.2, 0.25) is 0 Å². The number of hydrogen-bond donors (Lipinski definition) is 0. The summed E-state index contributed by atoms with van der Waals surface area (Å²) in [6, 6.07) is 24.1. The van der Waals surface area contributed by atoms with Crippen LogP contribution in [0.25, 0.3) is 0 Å². The molecule has 0 unspecified atom stereocenters. The maximum absolute atomic E-state index is 13.3. The first kappa shape index (κ1) is 33.3. The zero-order chi connectivity index (χ0) is 32.7. The first-order valence-corrected chi connectivity index (χ1v) is 14.9. The van der Waals surface area contributed by atoms with E-state index in [-0.39, 0.29) is 34.8 Å². The van der Waals surface area contributed by atoms with Gasteiger partial charge in [0.05, 0.1) is 24.3 Å². The minimum absolute atomic E-state index is 0.0594. The number of carbonyl (C=O) groups excluding carboxylic acids is 3. The van der Waals surface area contributed by atoms with Crippen molar-refractivity contribution >= 4 is 17.9 Å². The van der Waals surface area contributed by atoms with Gasteiger partial charge < -0.3 is 28.4 Å². The molecule has 9 nitrogen and oxygen atoms in total. The molecule has 0 N–H and O–H groups in total. The maximum Gasteiger partial charge on any atom is 0.343 e. The molecule has 9 heteroatoms. The van der Waals surface area contributed by atoms with Gasteiger partial charge in [-0.05, 0) is 97.3 Å². The molecule has 0 saturated heterocycles. The summed E-state index contributed by atoms with van der Waals surface area (Å²) < 4.78 is 33.3. The smallest absolute Gasteiger partial charge is 0.343 e. The van der Waals surface area contributed by atoms with E-state index in [0.29, 0.717) is 42.6 Å². The fourth-order valence-corrected chi connectivity index (χ4v) is 4.02. The molecule has 0 saturated carbocycles. The SMILES string of the molecule is C=CCOc1ccc(COC(=O)c2cc(OC(=O)c3ccc(OCCC)cc3)ccc2OC(=O)c2ccc(OCCC)cc2)cc1. The lowest BCUT2D eigenvalue weighted by Gasteiger charge is -2.13. The normalized spacial score (nSPS) is 10.4. The lowest BCUT2D eigenvalue weighted by molar-refractivity contribution is 0.0465. The third-order valence-corrected chi connectivity index (χ3v) is 6.37. The van der Waals surface area contributed by atoms with E-state index in [1.165, 1.54) is 18.2 Å². The minimum Gasteiger partial charge on any atom is -0.494 e. The molecule has 0 atom stereocenters. The average Bonchev–Trinajstić information content (AvgIpc) is 3.09. The molecular formula is C37H36O9. The highest BCUT2D eigenvalue weighted by molar-refractivity contribution is 5.97. The molecule has 4 aromatic carbocycles. The minimum atomic E-state index is -0.784. The van der Waals surface area contributed by atoms with Gasteiger partial charge in [0.2, 0.25) is 0 Å². The second-order valence-corrected chi connectivity index (χ2v) is 10.0. The lowest BCUT2D eigenvalue weighted by atomic mass is 10.1. The molecule has 0 aliphatic heterocycles. The average molecular weight is 625 g/mol. The van der Waals surface area contributed by atoms with E-state index in [1.54, 1.807) is 78.9 Å². The molecular weight excluding hydrogens is 588 g/mol. The van der Waals surface area contributed by atoms with E-state index in [2.05, 4.69) is 6.58 Å². The third kappa shape index (κ3) is 9.72. The number of carbonyl (C=O) groups is 3. The lowest BCUT2D eigenvalue weighted by Crippen LogP contribution is -2.14. The Morgan fingerprint density at radius 1 is 0.609 bits per heavy atom. The summed E-state index contributed by atoms with van der Waals surface area (Å²) in [5, 5.41) is 0. The van der Waals surface area contributed by atoms with Crippen molar-refractivity contribution in [2.45, 2.75) is 33.3 Å². The van der Waals surface area contributed by atoms with E-state index < -0.39 is 17.9 Å². The first-order valence-electron chi connectivity index (χ1n) is 14.9. The Labute approximate surface area is 268 Å². The fraction of sp³-hybridized carbons (Fsp3) is 0.216. The van der Waals surface area contributed by atoms with Crippen molar-refractivity contribution < 1.29 is 42.8 Å². The molecule has 0 spiro atoms. The maximum atomic E-state index is 13.3. The topological polar surface area (TPSA) is 107 Å². The van der Waals surface area contributed by atoms with Gasteiger partial charge in [0.1, 0.15) is 47.5 Å². The summed E-state index contributed by atoms with van der Waals surface area (Å²) in [6.07, 6.45) is 3.35. The van der Waals surface area contributed by atoms with Gasteiger partial charge in [-0.15, -0.1) is 0 Å². The molecule has 0 aliphatic rings. The first-order chi connectivity index (χ1) is 22.4. The Balaban J connectivity index is 1.51. The van der Waals surface area contributed by atoms with Crippen molar-refractivity contribution in [2.24, 2.45) is 0 Å². The monoisotopic (exact) mass is 624 g/mol. The molecule has 46 heavy (non-hydrogen) atoms. The van der Waals surface area contributed by atoms with E-state index >= 15 is 0 Å². The van der Waals surface area contributed by atoms with E-state index in [0.717, 1.165) is 12.8 Å². The number of rotatable bonds is 16. The van der Waals surface area contributed by atoms with Crippen molar-refractivity contribution in [1.29, 1.82) is 0 Å². The summed E-state index contributed by atoms with van der Waals surface area (Å²) >= 11 is 0. The van der Waals surface area contributed by atoms with Crippen LogP contribution in [-0.2, 0) is 11.3 Å². The molecule has 0 bridgehead atoms. The van der Waals surface area contributed by atoms with Crippen LogP contribution in [-0.4, -0.2) is 37.7 Å². The Morgan fingerprint density at radius 2 is 1.11 bits per heavy atom. The Kier molecular flexibility index (Phi) is 12.4. The summed E-state index contributed by atoms with van der Waals surface area (Å²) in [6.45, 7) is 9.04. The molecule has 0 aliphatic carbocycles. The molecule has 0 amide bonds. The summed E-state index contributed by atoms with van der Waals surface area (Å²) in [4.78, 5) is 39.2. The van der Waals surface area contributed by atoms with Gasteiger partial charge in [-0.1, -0.05) is 38.6 Å². The van der Waals surface area contributed by atoms with Crippen LogP contribution in [0.15, 0.2) is 104 Å². The van der Waals surface area contributed by atoms with Crippen LogP contribution in [0.5, 0.6) is 28.7 Å². The van der Waals surface area contributed by atoms with Crippen LogP contribution in [0.3, 0.4) is 0 Å². The summed E-state index contributed by atoms with van der Waals surface area (Å²) in [7, 11) is 0. The van der Waals surface area contributed by atoms with Crippen LogP contribution in [0.4, 0.5) is 0 Å². The van der Waals surface area contributed by atoms with Crippen molar-refractivity contribution in [3.63, 3.8) is 0 Å². The van der Waals surface area contributed by atoms with Gasteiger partial charge >= 0.3 is 17.9 Å². The predicted molar refractivity (Wildman–Crippen MR) is 172 cm³/mol. The van der Waals surface area contributed by atoms with Gasteiger partial charge in [-0.3, -0.25) is 0 Å². The van der Waals surface area contributed by atoms with Gasteiger partial charge in [-0.25, -0.2) is 14.4 Å². The molecule has 4 rings (SSSR count). The number of ether oxygens (including phenoxy) is 6. The standard InChI is InChI=1S/C37H36O9/c1-4-21-41-29-13-7-26(8-14-29)25-44-37(40)33-24-32(45-35(38)27-9-15-30(16-10-27)42-22-5-2)19-20-34(33)46-36(39)28-11-17-31(18-12-28)43-23-6-3/h4,7-20,24H,1,5-6,21-23,25H2,2-3H3. The van der Waals surface area contributed by atoms with Crippen LogP contribution in [0.1, 0.15) is 63.3 Å². The highest BCUT2D eigenvalue weighted by atomic mass is 16.6. The second-order valence-electron chi connectivity index (χ2n) is 10.0. The molecule has 238 valence electrons. The van der Waals surface area contributed by atoms with E-state index in [9.17, 15) is 14.4 Å². The van der Waals surface area contributed by atoms with E-state index in [4.69, 9.17) is 28.4 Å². The molecule has 0 fully saturated rings. The quantitative estimate of drug-likeness (QED) is 0.0707. The van der Waals surface area contributed by atoms with Crippen molar-refractivity contribution in [1.82, 2.24) is 0 Å². The Morgan fingerprint density at radius 3 is 1.65 bits per heavy atom. The highest BCUT2D eigenvalue weighted by Gasteiger charge is 2.21.